The molecule has 1 unspecified atom stereocenters. The molecular formula is C11H24N2O2S. The fraction of sp³-hybridized carbons (Fsp3) is 1.00. The van der Waals surface area contributed by atoms with Crippen LogP contribution in [0.15, 0.2) is 0 Å². The molecule has 4 nitrogen and oxygen atoms in total. The summed E-state index contributed by atoms with van der Waals surface area (Å²) in [5.74, 6) is 1.51. The van der Waals surface area contributed by atoms with Gasteiger partial charge in [-0.2, -0.15) is 0 Å². The molecule has 1 aliphatic carbocycles. The molecule has 0 spiro atoms. The lowest BCUT2D eigenvalue weighted by molar-refractivity contribution is 0.491. The Bertz CT molecular complexity index is 286. The van der Waals surface area contributed by atoms with Crippen molar-refractivity contribution in [1.82, 2.24) is 10.0 Å². The molecule has 1 aliphatic rings. The van der Waals surface area contributed by atoms with E-state index in [4.69, 9.17) is 0 Å². The number of unbranched alkanes of at least 4 members (excludes halogenated alkanes) is 1. The van der Waals surface area contributed by atoms with Gasteiger partial charge in [0.25, 0.3) is 0 Å². The quantitative estimate of drug-likeness (QED) is 0.597. The van der Waals surface area contributed by atoms with Crippen LogP contribution in [-0.4, -0.2) is 34.3 Å². The fourth-order valence-electron chi connectivity index (χ4n) is 1.76. The molecule has 16 heavy (non-hydrogen) atoms. The second-order valence-corrected chi connectivity index (χ2v) is 6.72. The summed E-state index contributed by atoms with van der Waals surface area (Å²) in [5.41, 5.74) is 0. The Morgan fingerprint density at radius 1 is 1.31 bits per heavy atom. The van der Waals surface area contributed by atoms with Gasteiger partial charge in [0.1, 0.15) is 0 Å². The van der Waals surface area contributed by atoms with Gasteiger partial charge in [0, 0.05) is 6.54 Å². The van der Waals surface area contributed by atoms with Crippen LogP contribution in [0.1, 0.15) is 32.6 Å². The van der Waals surface area contributed by atoms with Crippen molar-refractivity contribution in [2.45, 2.75) is 32.6 Å². The van der Waals surface area contributed by atoms with Crippen molar-refractivity contribution >= 4 is 10.0 Å². The van der Waals surface area contributed by atoms with Gasteiger partial charge in [0.2, 0.25) is 10.0 Å². The van der Waals surface area contributed by atoms with E-state index >= 15 is 0 Å². The summed E-state index contributed by atoms with van der Waals surface area (Å²) in [4.78, 5) is 0. The average Bonchev–Trinajstić information content (AvgIpc) is 3.05. The summed E-state index contributed by atoms with van der Waals surface area (Å²) >= 11 is 0. The Morgan fingerprint density at radius 2 is 2.00 bits per heavy atom. The van der Waals surface area contributed by atoms with Gasteiger partial charge in [-0.05, 0) is 51.1 Å². The van der Waals surface area contributed by atoms with Gasteiger partial charge in [-0.15, -0.1) is 0 Å². The van der Waals surface area contributed by atoms with Crippen molar-refractivity contribution in [3.63, 3.8) is 0 Å². The van der Waals surface area contributed by atoms with Crippen molar-refractivity contribution < 1.29 is 8.42 Å². The van der Waals surface area contributed by atoms with Gasteiger partial charge in [0.15, 0.2) is 0 Å². The van der Waals surface area contributed by atoms with Gasteiger partial charge in [-0.25, -0.2) is 13.1 Å². The number of hydrogen-bond donors (Lipinski definition) is 2. The number of nitrogens with one attached hydrogen (secondary N) is 2. The number of sulfonamides is 1. The van der Waals surface area contributed by atoms with Gasteiger partial charge in [-0.3, -0.25) is 0 Å². The molecular weight excluding hydrogens is 224 g/mol. The van der Waals surface area contributed by atoms with Crippen LogP contribution in [0.25, 0.3) is 0 Å². The molecule has 0 aromatic carbocycles. The van der Waals surface area contributed by atoms with E-state index in [2.05, 4.69) is 17.0 Å². The third-order valence-electron chi connectivity index (χ3n) is 3.14. The van der Waals surface area contributed by atoms with Crippen LogP contribution in [0.4, 0.5) is 0 Å². The number of hydrogen-bond acceptors (Lipinski definition) is 3. The highest BCUT2D eigenvalue weighted by Crippen LogP contribution is 2.36. The maximum absolute atomic E-state index is 11.6. The van der Waals surface area contributed by atoms with Crippen LogP contribution in [0.3, 0.4) is 0 Å². The van der Waals surface area contributed by atoms with Crippen molar-refractivity contribution in [2.75, 3.05) is 25.9 Å². The van der Waals surface area contributed by atoms with Gasteiger partial charge < -0.3 is 5.32 Å². The Balaban J connectivity index is 2.12. The van der Waals surface area contributed by atoms with E-state index in [1.807, 2.05) is 7.05 Å². The third-order valence-corrected chi connectivity index (χ3v) is 4.57. The van der Waals surface area contributed by atoms with Crippen LogP contribution in [0.5, 0.6) is 0 Å². The Morgan fingerprint density at radius 3 is 2.56 bits per heavy atom. The zero-order chi connectivity index (χ0) is 12.0. The summed E-state index contributed by atoms with van der Waals surface area (Å²) in [7, 11) is -1.16. The molecule has 0 aromatic heterocycles. The minimum absolute atomic E-state index is 0.256. The summed E-state index contributed by atoms with van der Waals surface area (Å²) in [6.45, 7) is 3.62. The summed E-state index contributed by atoms with van der Waals surface area (Å²) in [5, 5.41) is 3.01. The van der Waals surface area contributed by atoms with E-state index in [-0.39, 0.29) is 5.75 Å². The maximum Gasteiger partial charge on any atom is 0.211 e. The van der Waals surface area contributed by atoms with Gasteiger partial charge in [0.05, 0.1) is 5.75 Å². The first-order chi connectivity index (χ1) is 7.55. The first-order valence-electron chi connectivity index (χ1n) is 6.17. The molecule has 96 valence electrons. The summed E-state index contributed by atoms with van der Waals surface area (Å²) < 4.78 is 25.9. The highest BCUT2D eigenvalue weighted by atomic mass is 32.2. The maximum atomic E-state index is 11.6. The lowest BCUT2D eigenvalue weighted by atomic mass is 10.1. The number of rotatable bonds is 9. The molecule has 1 saturated carbocycles. The van der Waals surface area contributed by atoms with Crippen LogP contribution in [0.2, 0.25) is 0 Å². The van der Waals surface area contributed by atoms with E-state index in [1.165, 1.54) is 12.8 Å². The van der Waals surface area contributed by atoms with Gasteiger partial charge >= 0.3 is 0 Å². The van der Waals surface area contributed by atoms with E-state index in [0.717, 1.165) is 25.3 Å². The lowest BCUT2D eigenvalue weighted by Gasteiger charge is -2.11. The zero-order valence-electron chi connectivity index (χ0n) is 10.3. The topological polar surface area (TPSA) is 58.2 Å². The monoisotopic (exact) mass is 248 g/mol. The smallest absolute Gasteiger partial charge is 0.211 e. The predicted molar refractivity (Wildman–Crippen MR) is 66.8 cm³/mol. The minimum atomic E-state index is -3.04. The SMILES string of the molecule is CNCCCCS(=O)(=O)NCC(C)C1CC1. The van der Waals surface area contributed by atoms with Crippen molar-refractivity contribution in [3.05, 3.63) is 0 Å². The molecule has 0 amide bonds. The molecule has 1 fully saturated rings. The normalized spacial score (nSPS) is 18.6. The summed E-state index contributed by atoms with van der Waals surface area (Å²) in [6, 6.07) is 0. The van der Waals surface area contributed by atoms with E-state index < -0.39 is 10.0 Å². The van der Waals surface area contributed by atoms with E-state index in [0.29, 0.717) is 12.5 Å². The predicted octanol–water partition coefficient (Wildman–Crippen LogP) is 0.952. The largest absolute Gasteiger partial charge is 0.320 e. The Hall–Kier alpha value is -0.130. The standard InChI is InChI=1S/C11H24N2O2S/c1-10(11-5-6-11)9-13-16(14,15)8-4-3-7-12-2/h10-13H,3-9H2,1-2H3. The average molecular weight is 248 g/mol. The molecule has 2 N–H and O–H groups in total. The Labute approximate surface area is 99.2 Å². The molecule has 0 saturated heterocycles. The second-order valence-electron chi connectivity index (χ2n) is 4.79. The molecule has 0 bridgehead atoms. The van der Waals surface area contributed by atoms with Crippen LogP contribution < -0.4 is 10.0 Å². The zero-order valence-corrected chi connectivity index (χ0v) is 11.1. The van der Waals surface area contributed by atoms with E-state index in [9.17, 15) is 8.42 Å². The lowest BCUT2D eigenvalue weighted by Crippen LogP contribution is -2.31. The highest BCUT2D eigenvalue weighted by molar-refractivity contribution is 7.89. The Kier molecular flexibility index (Phi) is 5.72. The molecule has 0 radical (unpaired) electrons. The molecule has 0 aromatic rings. The molecule has 1 rings (SSSR count). The third kappa shape index (κ3) is 5.82. The first kappa shape index (κ1) is 13.9. The first-order valence-corrected chi connectivity index (χ1v) is 7.82. The summed E-state index contributed by atoms with van der Waals surface area (Å²) in [6.07, 6.45) is 4.18. The van der Waals surface area contributed by atoms with Crippen LogP contribution >= 0.6 is 0 Å². The molecule has 0 aliphatic heterocycles. The van der Waals surface area contributed by atoms with Crippen molar-refractivity contribution in [2.24, 2.45) is 11.8 Å². The molecule has 5 heteroatoms. The molecule has 0 heterocycles. The second kappa shape index (κ2) is 6.57. The van der Waals surface area contributed by atoms with Crippen LogP contribution in [-0.2, 0) is 10.0 Å². The van der Waals surface area contributed by atoms with Crippen molar-refractivity contribution in [3.8, 4) is 0 Å². The van der Waals surface area contributed by atoms with Gasteiger partial charge in [-0.1, -0.05) is 6.92 Å². The fourth-order valence-corrected chi connectivity index (χ4v) is 3.00. The van der Waals surface area contributed by atoms with Crippen molar-refractivity contribution in [1.29, 1.82) is 0 Å². The molecule has 1 atom stereocenters. The van der Waals surface area contributed by atoms with Crippen LogP contribution in [0, 0.1) is 11.8 Å². The minimum Gasteiger partial charge on any atom is -0.320 e. The van der Waals surface area contributed by atoms with E-state index in [1.54, 1.807) is 0 Å². The highest BCUT2D eigenvalue weighted by Gasteiger charge is 2.28.